The highest BCUT2D eigenvalue weighted by molar-refractivity contribution is 5.56. The molecule has 0 bridgehead atoms. The van der Waals surface area contributed by atoms with E-state index >= 15 is 0 Å². The largest absolute Gasteiger partial charge is 0.388 e. The summed E-state index contributed by atoms with van der Waals surface area (Å²) in [7, 11) is 0. The number of hydrogen-bond acceptors (Lipinski definition) is 2. The molecule has 1 unspecified atom stereocenters. The fourth-order valence-corrected chi connectivity index (χ4v) is 2.65. The summed E-state index contributed by atoms with van der Waals surface area (Å²) in [5, 5.41) is 9.98. The van der Waals surface area contributed by atoms with Crippen molar-refractivity contribution in [1.29, 1.82) is 0 Å². The average Bonchev–Trinajstić information content (AvgIpc) is 2.47. The number of hydrogen-bond donors (Lipinski definition) is 1. The summed E-state index contributed by atoms with van der Waals surface area (Å²) in [6.07, 6.45) is 0.105. The van der Waals surface area contributed by atoms with Gasteiger partial charge < -0.3 is 10.0 Å². The van der Waals surface area contributed by atoms with E-state index in [9.17, 15) is 13.9 Å². The van der Waals surface area contributed by atoms with Gasteiger partial charge in [-0.3, -0.25) is 0 Å². The number of fused-ring (bicyclic) bond motifs is 1. The number of aliphatic hydroxyl groups is 1. The molecular weight excluding hydrogens is 260 g/mol. The maximum absolute atomic E-state index is 13.8. The molecule has 1 N–H and O–H groups in total. The Morgan fingerprint density at radius 2 is 1.90 bits per heavy atom. The molecular formula is C16H15F2NO. The van der Waals surface area contributed by atoms with Crippen LogP contribution in [0, 0.1) is 11.6 Å². The molecule has 104 valence electrons. The molecule has 1 atom stereocenters. The van der Waals surface area contributed by atoms with Gasteiger partial charge >= 0.3 is 0 Å². The van der Waals surface area contributed by atoms with Crippen molar-refractivity contribution >= 4 is 5.69 Å². The van der Waals surface area contributed by atoms with Gasteiger partial charge in [0.2, 0.25) is 0 Å². The molecule has 1 heterocycles. The minimum Gasteiger partial charge on any atom is -0.388 e. The lowest BCUT2D eigenvalue weighted by Gasteiger charge is -2.34. The van der Waals surface area contributed by atoms with E-state index < -0.39 is 17.7 Å². The Kier molecular flexibility index (Phi) is 3.40. The minimum absolute atomic E-state index is 0.299. The number of aliphatic hydroxyl groups excluding tert-OH is 1. The third kappa shape index (κ3) is 2.27. The van der Waals surface area contributed by atoms with Crippen LogP contribution < -0.4 is 4.90 Å². The molecule has 2 aromatic rings. The molecule has 1 aliphatic rings. The van der Waals surface area contributed by atoms with Gasteiger partial charge in [-0.15, -0.1) is 0 Å². The molecule has 0 aromatic heterocycles. The zero-order valence-corrected chi connectivity index (χ0v) is 10.9. The van der Waals surface area contributed by atoms with E-state index in [1.807, 2.05) is 29.2 Å². The van der Waals surface area contributed by atoms with Crippen molar-refractivity contribution in [1.82, 2.24) is 0 Å². The maximum atomic E-state index is 13.8. The normalized spacial score (nSPS) is 17.9. The molecule has 0 fully saturated rings. The highest BCUT2D eigenvalue weighted by Gasteiger charge is 2.23. The SMILES string of the molecule is OC1CCN(Cc2cccc(F)c2F)c2ccccc21. The van der Waals surface area contributed by atoms with Gasteiger partial charge in [-0.1, -0.05) is 30.3 Å². The Bertz CT molecular complexity index is 630. The van der Waals surface area contributed by atoms with Crippen LogP contribution in [0.4, 0.5) is 14.5 Å². The first-order chi connectivity index (χ1) is 9.66. The first-order valence-corrected chi connectivity index (χ1v) is 6.61. The summed E-state index contributed by atoms with van der Waals surface area (Å²) in [6, 6.07) is 11.7. The van der Waals surface area contributed by atoms with E-state index in [4.69, 9.17) is 0 Å². The van der Waals surface area contributed by atoms with E-state index in [0.717, 1.165) is 17.3 Å². The highest BCUT2D eigenvalue weighted by atomic mass is 19.2. The fraction of sp³-hybridized carbons (Fsp3) is 0.250. The minimum atomic E-state index is -0.826. The molecule has 2 nitrogen and oxygen atoms in total. The molecule has 3 rings (SSSR count). The summed E-state index contributed by atoms with van der Waals surface area (Å²) in [5.41, 5.74) is 2.06. The number of halogens is 2. The smallest absolute Gasteiger partial charge is 0.163 e. The van der Waals surface area contributed by atoms with E-state index in [1.54, 1.807) is 6.07 Å². The summed E-state index contributed by atoms with van der Waals surface area (Å²) in [4.78, 5) is 1.97. The number of anilines is 1. The molecule has 0 spiro atoms. The maximum Gasteiger partial charge on any atom is 0.163 e. The quantitative estimate of drug-likeness (QED) is 0.908. The third-order valence-electron chi connectivity index (χ3n) is 3.70. The lowest BCUT2D eigenvalue weighted by Crippen LogP contribution is -2.31. The predicted molar refractivity (Wildman–Crippen MR) is 73.4 cm³/mol. The van der Waals surface area contributed by atoms with Crippen LogP contribution in [0.15, 0.2) is 42.5 Å². The van der Waals surface area contributed by atoms with E-state index in [2.05, 4.69) is 0 Å². The van der Waals surface area contributed by atoms with Crippen molar-refractivity contribution in [3.05, 3.63) is 65.2 Å². The van der Waals surface area contributed by atoms with Crippen LogP contribution >= 0.6 is 0 Å². The summed E-state index contributed by atoms with van der Waals surface area (Å²) >= 11 is 0. The lowest BCUT2D eigenvalue weighted by molar-refractivity contribution is 0.164. The first kappa shape index (κ1) is 13.1. The van der Waals surface area contributed by atoms with Crippen molar-refractivity contribution in [2.75, 3.05) is 11.4 Å². The Labute approximate surface area is 116 Å². The second-order valence-corrected chi connectivity index (χ2v) is 5.00. The standard InChI is InChI=1S/C16H15F2NO/c17-13-6-3-4-11(16(13)18)10-19-9-8-15(20)12-5-1-2-7-14(12)19/h1-7,15,20H,8-10H2. The Morgan fingerprint density at radius 1 is 1.10 bits per heavy atom. The van der Waals surface area contributed by atoms with Gasteiger partial charge in [-0.25, -0.2) is 8.78 Å². The molecule has 0 aliphatic carbocycles. The average molecular weight is 275 g/mol. The second kappa shape index (κ2) is 5.21. The summed E-state index contributed by atoms with van der Waals surface area (Å²) in [6.45, 7) is 0.918. The van der Waals surface area contributed by atoms with Crippen molar-refractivity contribution < 1.29 is 13.9 Å². The molecule has 20 heavy (non-hydrogen) atoms. The monoisotopic (exact) mass is 275 g/mol. The Balaban J connectivity index is 1.93. The number of para-hydroxylation sites is 1. The van der Waals surface area contributed by atoms with E-state index in [1.165, 1.54) is 6.07 Å². The zero-order valence-electron chi connectivity index (χ0n) is 10.9. The second-order valence-electron chi connectivity index (χ2n) is 5.00. The van der Waals surface area contributed by atoms with E-state index in [-0.39, 0.29) is 0 Å². The molecule has 0 radical (unpaired) electrons. The van der Waals surface area contributed by atoms with Gasteiger partial charge in [0, 0.05) is 29.9 Å². The van der Waals surface area contributed by atoms with Crippen molar-refractivity contribution in [2.24, 2.45) is 0 Å². The van der Waals surface area contributed by atoms with Crippen LogP contribution in [0.3, 0.4) is 0 Å². The van der Waals surface area contributed by atoms with Crippen molar-refractivity contribution in [3.63, 3.8) is 0 Å². The molecule has 0 saturated carbocycles. The van der Waals surface area contributed by atoms with Gasteiger partial charge in [-0.2, -0.15) is 0 Å². The number of rotatable bonds is 2. The number of benzene rings is 2. The molecule has 1 aliphatic heterocycles. The third-order valence-corrected chi connectivity index (χ3v) is 3.70. The van der Waals surface area contributed by atoms with Crippen LogP contribution in [0.5, 0.6) is 0 Å². The number of nitrogens with zero attached hydrogens (tertiary/aromatic N) is 1. The zero-order chi connectivity index (χ0) is 14.1. The molecule has 0 saturated heterocycles. The molecule has 2 aromatic carbocycles. The molecule has 4 heteroatoms. The Hall–Kier alpha value is -1.94. The summed E-state index contributed by atoms with van der Waals surface area (Å²) in [5.74, 6) is -1.62. The van der Waals surface area contributed by atoms with Crippen LogP contribution in [0.2, 0.25) is 0 Å². The topological polar surface area (TPSA) is 23.5 Å². The van der Waals surface area contributed by atoms with E-state index in [0.29, 0.717) is 25.1 Å². The van der Waals surface area contributed by atoms with Crippen LogP contribution in [-0.4, -0.2) is 11.7 Å². The van der Waals surface area contributed by atoms with Crippen LogP contribution in [0.1, 0.15) is 23.7 Å². The first-order valence-electron chi connectivity index (χ1n) is 6.61. The molecule has 0 amide bonds. The van der Waals surface area contributed by atoms with Gasteiger partial charge in [0.15, 0.2) is 11.6 Å². The van der Waals surface area contributed by atoms with Crippen molar-refractivity contribution in [2.45, 2.75) is 19.1 Å². The Morgan fingerprint density at radius 3 is 2.75 bits per heavy atom. The lowest BCUT2D eigenvalue weighted by atomic mass is 9.98. The van der Waals surface area contributed by atoms with Gasteiger partial charge in [0.05, 0.1) is 6.10 Å². The van der Waals surface area contributed by atoms with Gasteiger partial charge in [-0.05, 0) is 18.6 Å². The highest BCUT2D eigenvalue weighted by Crippen LogP contribution is 2.34. The fourth-order valence-electron chi connectivity index (χ4n) is 2.65. The van der Waals surface area contributed by atoms with Gasteiger partial charge in [0.1, 0.15) is 0 Å². The summed E-state index contributed by atoms with van der Waals surface area (Å²) < 4.78 is 27.0. The predicted octanol–water partition coefficient (Wildman–Crippen LogP) is 3.41. The van der Waals surface area contributed by atoms with Crippen LogP contribution in [-0.2, 0) is 6.54 Å². The van der Waals surface area contributed by atoms with Crippen molar-refractivity contribution in [3.8, 4) is 0 Å². The van der Waals surface area contributed by atoms with Crippen LogP contribution in [0.25, 0.3) is 0 Å². The van der Waals surface area contributed by atoms with Gasteiger partial charge in [0.25, 0.3) is 0 Å².